The maximum Gasteiger partial charge on any atom is 0.151 e. The number of Topliss-reactive ketones (excluding diaryl/α,β-unsaturated/α-hetero) is 1. The molecule has 0 amide bonds. The van der Waals surface area contributed by atoms with E-state index in [0.29, 0.717) is 5.78 Å². The van der Waals surface area contributed by atoms with Crippen LogP contribution in [-0.2, 0) is 4.79 Å². The summed E-state index contributed by atoms with van der Waals surface area (Å²) in [7, 11) is 0. The topological polar surface area (TPSA) is 17.1 Å². The first-order valence-corrected chi connectivity index (χ1v) is 13.2. The zero-order valence-electron chi connectivity index (χ0n) is 19.2. The van der Waals surface area contributed by atoms with Crippen LogP contribution in [0.1, 0.15) is 123 Å². The van der Waals surface area contributed by atoms with Gasteiger partial charge >= 0.3 is 0 Å². The van der Waals surface area contributed by atoms with Crippen molar-refractivity contribution >= 4 is 5.78 Å². The number of hydrogen-bond donors (Lipinski definition) is 0. The predicted molar refractivity (Wildman–Crippen MR) is 119 cm³/mol. The Bertz CT molecular complexity index is 545. The highest BCUT2D eigenvalue weighted by atomic mass is 19.1. The van der Waals surface area contributed by atoms with E-state index in [1.807, 2.05) is 0 Å². The highest BCUT2D eigenvalue weighted by Gasteiger charge is 2.71. The van der Waals surface area contributed by atoms with Gasteiger partial charge < -0.3 is 0 Å². The lowest BCUT2D eigenvalue weighted by molar-refractivity contribution is -0.194. The van der Waals surface area contributed by atoms with Gasteiger partial charge in [-0.05, 0) is 87.9 Å². The Balaban J connectivity index is 1.26. The van der Waals surface area contributed by atoms with Crippen LogP contribution >= 0.6 is 0 Å². The second-order valence-corrected chi connectivity index (χ2v) is 11.5. The van der Waals surface area contributed by atoms with Crippen molar-refractivity contribution in [2.45, 2.75) is 129 Å². The van der Waals surface area contributed by atoms with Crippen molar-refractivity contribution in [1.29, 1.82) is 0 Å². The number of rotatable bonds is 6. The first-order chi connectivity index (χ1) is 14.1. The molecular formula is C27H45FO. The molecule has 0 aliphatic heterocycles. The average molecular weight is 405 g/mol. The van der Waals surface area contributed by atoms with Crippen molar-refractivity contribution in [2.75, 3.05) is 0 Å². The Hall–Kier alpha value is -0.400. The fourth-order valence-corrected chi connectivity index (χ4v) is 8.00. The molecule has 0 heterocycles. The van der Waals surface area contributed by atoms with Crippen LogP contribution in [0.2, 0.25) is 0 Å². The molecule has 2 spiro atoms. The molecule has 0 aromatic carbocycles. The van der Waals surface area contributed by atoms with Crippen LogP contribution in [0.25, 0.3) is 0 Å². The second-order valence-electron chi connectivity index (χ2n) is 11.5. The first kappa shape index (κ1) is 21.8. The summed E-state index contributed by atoms with van der Waals surface area (Å²) in [5.74, 6) is 3.67. The molecule has 0 saturated heterocycles. The Morgan fingerprint density at radius 2 is 1.31 bits per heavy atom. The van der Waals surface area contributed by atoms with Crippen molar-refractivity contribution in [3.05, 3.63) is 0 Å². The molecule has 0 aromatic rings. The standard InChI is InChI=1S/C27H45FO/c1-3-5-6-7-21-8-10-22(11-9-21)23-14-18-27(19-15-23)24(28)26(25(27)29)16-12-20(4-2)13-17-26/h20-24H,3-19H2,1-2H3/t20?,21?,22?,23?,24-,26?,27?/m1/s1. The zero-order valence-corrected chi connectivity index (χ0v) is 19.2. The lowest BCUT2D eigenvalue weighted by atomic mass is 9.41. The molecule has 1 nitrogen and oxygen atoms in total. The van der Waals surface area contributed by atoms with Crippen LogP contribution in [-0.4, -0.2) is 12.0 Å². The Morgan fingerprint density at radius 3 is 1.83 bits per heavy atom. The largest absolute Gasteiger partial charge is 0.298 e. The molecule has 29 heavy (non-hydrogen) atoms. The number of carbonyl (C=O) groups is 1. The zero-order chi connectivity index (χ0) is 20.5. The monoisotopic (exact) mass is 404 g/mol. The van der Waals surface area contributed by atoms with Crippen LogP contribution in [0.4, 0.5) is 4.39 Å². The molecule has 0 unspecified atom stereocenters. The summed E-state index contributed by atoms with van der Waals surface area (Å²) < 4.78 is 15.6. The van der Waals surface area contributed by atoms with Gasteiger partial charge in [-0.3, -0.25) is 4.79 Å². The second kappa shape index (κ2) is 8.99. The third-order valence-electron chi connectivity index (χ3n) is 10.1. The van der Waals surface area contributed by atoms with Gasteiger partial charge in [-0.1, -0.05) is 58.8 Å². The van der Waals surface area contributed by atoms with Gasteiger partial charge in [0.25, 0.3) is 0 Å². The van der Waals surface area contributed by atoms with E-state index in [1.165, 1.54) is 57.8 Å². The Morgan fingerprint density at radius 1 is 0.759 bits per heavy atom. The summed E-state index contributed by atoms with van der Waals surface area (Å²) in [5.41, 5.74) is -1.12. The van der Waals surface area contributed by atoms with Crippen LogP contribution in [0, 0.1) is 34.5 Å². The maximum atomic E-state index is 15.6. The van der Waals surface area contributed by atoms with E-state index in [0.717, 1.165) is 75.0 Å². The molecule has 0 radical (unpaired) electrons. The SMILES string of the molecule is CCCCCC1CCC(C2CCC3(CC2)C(=O)C2(CCC(CC)CC2)[C@H]3F)CC1. The Kier molecular flexibility index (Phi) is 6.77. The number of carbonyl (C=O) groups excluding carboxylic acids is 1. The molecule has 166 valence electrons. The minimum atomic E-state index is -0.837. The number of alkyl halides is 1. The third kappa shape index (κ3) is 3.84. The molecule has 4 aliphatic rings. The smallest absolute Gasteiger partial charge is 0.151 e. The lowest BCUT2D eigenvalue weighted by Gasteiger charge is -2.61. The molecule has 0 aromatic heterocycles. The number of hydrogen-bond acceptors (Lipinski definition) is 1. The summed E-state index contributed by atoms with van der Waals surface area (Å²) in [6, 6.07) is 0. The maximum absolute atomic E-state index is 15.6. The summed E-state index contributed by atoms with van der Waals surface area (Å²) in [6.45, 7) is 4.53. The van der Waals surface area contributed by atoms with E-state index in [2.05, 4.69) is 13.8 Å². The number of halogens is 1. The quantitative estimate of drug-likeness (QED) is 0.409. The van der Waals surface area contributed by atoms with Crippen molar-refractivity contribution in [3.63, 3.8) is 0 Å². The number of ketones is 1. The molecule has 4 rings (SSSR count). The third-order valence-corrected chi connectivity index (χ3v) is 10.1. The summed E-state index contributed by atoms with van der Waals surface area (Å²) in [6.07, 6.45) is 19.3. The molecule has 4 fully saturated rings. The van der Waals surface area contributed by atoms with Crippen LogP contribution in [0.3, 0.4) is 0 Å². The van der Waals surface area contributed by atoms with Crippen LogP contribution in [0.15, 0.2) is 0 Å². The molecule has 2 heteroatoms. The fourth-order valence-electron chi connectivity index (χ4n) is 8.00. The van der Waals surface area contributed by atoms with Gasteiger partial charge in [-0.15, -0.1) is 0 Å². The van der Waals surface area contributed by atoms with Gasteiger partial charge in [0.15, 0.2) is 5.78 Å². The normalized spacial score (nSPS) is 45.5. The van der Waals surface area contributed by atoms with Crippen molar-refractivity contribution < 1.29 is 9.18 Å². The molecule has 1 atom stereocenters. The summed E-state index contributed by atoms with van der Waals surface area (Å²) in [4.78, 5) is 13.3. The minimum Gasteiger partial charge on any atom is -0.298 e. The van der Waals surface area contributed by atoms with Gasteiger partial charge in [-0.2, -0.15) is 0 Å². The van der Waals surface area contributed by atoms with E-state index in [4.69, 9.17) is 0 Å². The molecule has 4 saturated carbocycles. The van der Waals surface area contributed by atoms with E-state index >= 15 is 4.39 Å². The highest BCUT2D eigenvalue weighted by Crippen LogP contribution is 2.66. The lowest BCUT2D eigenvalue weighted by Crippen LogP contribution is -2.69. The minimum absolute atomic E-state index is 0.352. The summed E-state index contributed by atoms with van der Waals surface area (Å²) in [5, 5.41) is 0. The van der Waals surface area contributed by atoms with Crippen LogP contribution in [0.5, 0.6) is 0 Å². The molecule has 4 aliphatic carbocycles. The predicted octanol–water partition coefficient (Wildman–Crippen LogP) is 8.06. The molecular weight excluding hydrogens is 359 g/mol. The van der Waals surface area contributed by atoms with Crippen LogP contribution < -0.4 is 0 Å². The number of unbranched alkanes of at least 4 members (excludes halogenated alkanes) is 2. The van der Waals surface area contributed by atoms with E-state index < -0.39 is 17.0 Å². The van der Waals surface area contributed by atoms with E-state index in [-0.39, 0.29) is 0 Å². The molecule has 0 N–H and O–H groups in total. The van der Waals surface area contributed by atoms with Gasteiger partial charge in [0.05, 0.1) is 10.8 Å². The van der Waals surface area contributed by atoms with Gasteiger partial charge in [0.2, 0.25) is 0 Å². The van der Waals surface area contributed by atoms with Crippen molar-refractivity contribution in [1.82, 2.24) is 0 Å². The van der Waals surface area contributed by atoms with Crippen molar-refractivity contribution in [3.8, 4) is 0 Å². The fraction of sp³-hybridized carbons (Fsp3) is 0.963. The van der Waals surface area contributed by atoms with E-state index in [1.54, 1.807) is 0 Å². The molecule has 0 bridgehead atoms. The van der Waals surface area contributed by atoms with E-state index in [9.17, 15) is 4.79 Å². The highest BCUT2D eigenvalue weighted by molar-refractivity contribution is 5.98. The van der Waals surface area contributed by atoms with Gasteiger partial charge in [0, 0.05) is 0 Å². The first-order valence-electron chi connectivity index (χ1n) is 13.2. The van der Waals surface area contributed by atoms with Crippen molar-refractivity contribution in [2.24, 2.45) is 34.5 Å². The average Bonchev–Trinajstić information content (AvgIpc) is 2.79. The van der Waals surface area contributed by atoms with Gasteiger partial charge in [0.1, 0.15) is 6.17 Å². The Labute approximate surface area is 179 Å². The van der Waals surface area contributed by atoms with Gasteiger partial charge in [-0.25, -0.2) is 4.39 Å². The summed E-state index contributed by atoms with van der Waals surface area (Å²) >= 11 is 0.